The van der Waals surface area contributed by atoms with Gasteiger partial charge < -0.3 is 9.47 Å². The second-order valence-corrected chi connectivity index (χ2v) is 13.3. The van der Waals surface area contributed by atoms with Gasteiger partial charge in [0.05, 0.1) is 21.2 Å². The van der Waals surface area contributed by atoms with E-state index in [2.05, 4.69) is 49.3 Å². The number of hydrogen-bond acceptors (Lipinski definition) is 6. The van der Waals surface area contributed by atoms with Gasteiger partial charge in [0.25, 0.3) is 11.8 Å². The SMILES string of the molecule is CCOC(=O)COc1c(Br)cc(/C=C2\C(=O)NC(=O)N(c3ccc(C45CC6CC(CC(C6)C4)C5)cc3)C2=O)cc1Br. The Balaban J connectivity index is 1.23. The molecular formula is C31H30Br2N2O6. The van der Waals surface area contributed by atoms with E-state index in [-0.39, 0.29) is 24.2 Å². The molecule has 0 spiro atoms. The highest BCUT2D eigenvalue weighted by molar-refractivity contribution is 9.11. The van der Waals surface area contributed by atoms with Crippen LogP contribution in [0.15, 0.2) is 50.9 Å². The van der Waals surface area contributed by atoms with Crippen LogP contribution in [0.25, 0.3) is 6.08 Å². The number of halogens is 2. The van der Waals surface area contributed by atoms with Crippen molar-refractivity contribution in [1.82, 2.24) is 5.32 Å². The van der Waals surface area contributed by atoms with E-state index in [1.807, 2.05) is 12.1 Å². The van der Waals surface area contributed by atoms with Gasteiger partial charge in [-0.05, 0) is 142 Å². The van der Waals surface area contributed by atoms with Crippen LogP contribution < -0.4 is 15.0 Å². The standard InChI is InChI=1S/C31H30Br2N2O6/c1-2-40-26(36)16-41-27-24(32)11-17(12-25(27)33)10-23-28(37)34-30(39)35(29(23)38)22-5-3-21(4-6-22)31-13-18-7-19(14-31)9-20(8-18)15-31/h3-6,10-12,18-20H,2,7-9,13-16H2,1H3,(H,34,37,39)/b23-10+. The molecule has 1 N–H and O–H groups in total. The highest BCUT2D eigenvalue weighted by atomic mass is 79.9. The summed E-state index contributed by atoms with van der Waals surface area (Å²) in [5.74, 6) is 0.841. The van der Waals surface area contributed by atoms with Crippen LogP contribution in [0.3, 0.4) is 0 Å². The van der Waals surface area contributed by atoms with Gasteiger partial charge in [-0.25, -0.2) is 14.5 Å². The summed E-state index contributed by atoms with van der Waals surface area (Å²) in [6.07, 6.45) is 9.17. The molecule has 0 radical (unpaired) electrons. The van der Waals surface area contributed by atoms with Crippen molar-refractivity contribution in [2.75, 3.05) is 18.1 Å². The molecule has 0 atom stereocenters. The van der Waals surface area contributed by atoms with E-state index in [1.165, 1.54) is 50.2 Å². The fourth-order valence-corrected chi connectivity index (χ4v) is 9.07. The third kappa shape index (κ3) is 5.36. The molecule has 1 saturated heterocycles. The zero-order chi connectivity index (χ0) is 28.9. The molecule has 4 amide bonds. The van der Waals surface area contributed by atoms with Crippen molar-refractivity contribution in [1.29, 1.82) is 0 Å². The Hall–Kier alpha value is -2.98. The molecule has 5 aliphatic rings. The number of esters is 1. The number of benzene rings is 2. The molecule has 1 aliphatic heterocycles. The third-order valence-electron chi connectivity index (χ3n) is 8.85. The Bertz CT molecular complexity index is 1410. The highest BCUT2D eigenvalue weighted by Crippen LogP contribution is 2.60. The van der Waals surface area contributed by atoms with Crippen molar-refractivity contribution in [2.45, 2.75) is 50.9 Å². The average molecular weight is 686 g/mol. The first-order valence-electron chi connectivity index (χ1n) is 13.9. The number of carbonyl (C=O) groups excluding carboxylic acids is 4. The number of hydrogen-bond donors (Lipinski definition) is 1. The van der Waals surface area contributed by atoms with Gasteiger partial charge in [-0.3, -0.25) is 14.9 Å². The number of nitrogens with one attached hydrogen (secondary N) is 1. The van der Waals surface area contributed by atoms with Crippen molar-refractivity contribution in [3.05, 3.63) is 62.0 Å². The van der Waals surface area contributed by atoms with Crippen molar-refractivity contribution < 1.29 is 28.7 Å². The maximum absolute atomic E-state index is 13.5. The Morgan fingerprint density at radius 1 is 1.00 bits per heavy atom. The lowest BCUT2D eigenvalue weighted by molar-refractivity contribution is -0.145. The first kappa shape index (κ1) is 28.2. The minimum Gasteiger partial charge on any atom is -0.480 e. The van der Waals surface area contributed by atoms with Crippen LogP contribution in [0, 0.1) is 17.8 Å². The predicted molar refractivity (Wildman–Crippen MR) is 159 cm³/mol. The molecule has 2 aromatic rings. The number of ether oxygens (including phenoxy) is 2. The molecule has 0 aromatic heterocycles. The number of carbonyl (C=O) groups is 4. The molecule has 7 rings (SSSR count). The zero-order valence-electron chi connectivity index (χ0n) is 22.6. The van der Waals surface area contributed by atoms with Crippen LogP contribution in [0.5, 0.6) is 5.75 Å². The van der Waals surface area contributed by atoms with Crippen LogP contribution in [-0.2, 0) is 24.5 Å². The summed E-state index contributed by atoms with van der Waals surface area (Å²) in [6, 6.07) is 10.3. The molecule has 4 bridgehead atoms. The van der Waals surface area contributed by atoms with Gasteiger partial charge in [0.1, 0.15) is 11.3 Å². The van der Waals surface area contributed by atoms with Crippen LogP contribution in [0.1, 0.15) is 56.6 Å². The normalized spacial score (nSPS) is 27.8. The van der Waals surface area contributed by atoms with E-state index in [4.69, 9.17) is 9.47 Å². The first-order chi connectivity index (χ1) is 19.7. The fourth-order valence-electron chi connectivity index (χ4n) is 7.62. The summed E-state index contributed by atoms with van der Waals surface area (Å²) in [7, 11) is 0. The lowest BCUT2D eigenvalue weighted by atomic mass is 9.48. The second kappa shape index (κ2) is 11.0. The zero-order valence-corrected chi connectivity index (χ0v) is 25.8. The topological polar surface area (TPSA) is 102 Å². The summed E-state index contributed by atoms with van der Waals surface area (Å²) < 4.78 is 11.4. The summed E-state index contributed by atoms with van der Waals surface area (Å²) in [5, 5.41) is 2.30. The Morgan fingerprint density at radius 3 is 2.15 bits per heavy atom. The van der Waals surface area contributed by atoms with Gasteiger partial charge in [-0.15, -0.1) is 0 Å². The second-order valence-electron chi connectivity index (χ2n) is 11.6. The summed E-state index contributed by atoms with van der Waals surface area (Å²) >= 11 is 6.84. The number of urea groups is 1. The van der Waals surface area contributed by atoms with E-state index < -0.39 is 23.8 Å². The van der Waals surface area contributed by atoms with Crippen LogP contribution in [0.4, 0.5) is 10.5 Å². The Kier molecular flexibility index (Phi) is 7.57. The molecular weight excluding hydrogens is 656 g/mol. The number of nitrogens with zero attached hydrogens (tertiary/aromatic N) is 1. The lowest BCUT2D eigenvalue weighted by Gasteiger charge is -2.57. The van der Waals surface area contributed by atoms with Crippen LogP contribution >= 0.6 is 31.9 Å². The number of amides is 4. The maximum atomic E-state index is 13.5. The molecule has 214 valence electrons. The van der Waals surface area contributed by atoms with Gasteiger partial charge in [0.15, 0.2) is 6.61 Å². The highest BCUT2D eigenvalue weighted by Gasteiger charge is 2.51. The van der Waals surface area contributed by atoms with Crippen molar-refractivity contribution in [3.8, 4) is 5.75 Å². The molecule has 1 heterocycles. The van der Waals surface area contributed by atoms with Crippen molar-refractivity contribution in [3.63, 3.8) is 0 Å². The smallest absolute Gasteiger partial charge is 0.344 e. The van der Waals surface area contributed by atoms with E-state index in [9.17, 15) is 19.2 Å². The van der Waals surface area contributed by atoms with Gasteiger partial charge in [-0.1, -0.05) is 12.1 Å². The number of anilines is 1. The first-order valence-corrected chi connectivity index (χ1v) is 15.5. The van der Waals surface area contributed by atoms with Crippen molar-refractivity contribution >= 4 is 67.4 Å². The number of barbiturate groups is 1. The molecule has 10 heteroatoms. The lowest BCUT2D eigenvalue weighted by Crippen LogP contribution is -2.54. The molecule has 0 unspecified atom stereocenters. The number of imide groups is 2. The summed E-state index contributed by atoms with van der Waals surface area (Å²) in [6.45, 7) is 1.69. The van der Waals surface area contributed by atoms with Crippen molar-refractivity contribution in [2.24, 2.45) is 17.8 Å². The predicted octanol–water partition coefficient (Wildman–Crippen LogP) is 6.29. The summed E-state index contributed by atoms with van der Waals surface area (Å²) in [4.78, 5) is 51.8. The Morgan fingerprint density at radius 2 is 1.59 bits per heavy atom. The largest absolute Gasteiger partial charge is 0.480 e. The maximum Gasteiger partial charge on any atom is 0.344 e. The minimum absolute atomic E-state index is 0.172. The molecule has 5 fully saturated rings. The molecule has 2 aromatic carbocycles. The van der Waals surface area contributed by atoms with E-state index in [1.54, 1.807) is 19.1 Å². The van der Waals surface area contributed by atoms with E-state index in [0.717, 1.165) is 22.7 Å². The molecule has 4 saturated carbocycles. The number of rotatable bonds is 7. The summed E-state index contributed by atoms with van der Waals surface area (Å²) in [5.41, 5.74) is 2.25. The molecule has 8 nitrogen and oxygen atoms in total. The van der Waals surface area contributed by atoms with E-state index >= 15 is 0 Å². The Labute approximate surface area is 255 Å². The third-order valence-corrected chi connectivity index (χ3v) is 10.0. The molecule has 4 aliphatic carbocycles. The fraction of sp³-hybridized carbons (Fsp3) is 0.419. The minimum atomic E-state index is -0.773. The van der Waals surface area contributed by atoms with Gasteiger partial charge >= 0.3 is 12.0 Å². The van der Waals surface area contributed by atoms with Gasteiger partial charge in [-0.2, -0.15) is 0 Å². The van der Waals surface area contributed by atoms with E-state index in [0.29, 0.717) is 25.9 Å². The quantitative estimate of drug-likeness (QED) is 0.209. The van der Waals surface area contributed by atoms with Crippen LogP contribution in [-0.4, -0.2) is 37.0 Å². The van der Waals surface area contributed by atoms with Crippen LogP contribution in [0.2, 0.25) is 0 Å². The van der Waals surface area contributed by atoms with Gasteiger partial charge in [0, 0.05) is 0 Å². The monoisotopic (exact) mass is 684 g/mol. The average Bonchev–Trinajstić information content (AvgIpc) is 2.90. The molecule has 41 heavy (non-hydrogen) atoms. The van der Waals surface area contributed by atoms with Gasteiger partial charge in [0.2, 0.25) is 0 Å².